The van der Waals surface area contributed by atoms with Crippen molar-refractivity contribution in [2.75, 3.05) is 26.2 Å². The Morgan fingerprint density at radius 2 is 0.949 bits per heavy atom. The monoisotopic (exact) mass is 836 g/mol. The lowest BCUT2D eigenvalue weighted by Gasteiger charge is -2.41. The molecule has 8 atom stereocenters. The normalized spacial score (nSPS) is 15.8. The Kier molecular flexibility index (Phi) is 22.2. The third-order valence-electron chi connectivity index (χ3n) is 10.4. The molecule has 0 aliphatic rings. The Hall–Kier alpha value is -4.73. The number of aliphatic carboxylic acids is 1. The first-order valence-corrected chi connectivity index (χ1v) is 19.9. The first kappa shape index (κ1) is 52.3. The van der Waals surface area contributed by atoms with Crippen LogP contribution in [0.4, 0.5) is 0 Å². The first-order chi connectivity index (χ1) is 27.5. The molecule has 0 unspecified atom stereocenters. The van der Waals surface area contributed by atoms with Gasteiger partial charge < -0.3 is 70.8 Å². The van der Waals surface area contributed by atoms with Crippen molar-refractivity contribution in [2.45, 2.75) is 128 Å². The molecule has 0 fully saturated rings. The number of hydrogen-bond acceptors (Lipinski definition) is 13. The fourth-order valence-corrected chi connectivity index (χ4v) is 5.71. The second kappa shape index (κ2) is 25.0. The number of hydrogen-bond donors (Lipinski definition) is 13. The van der Waals surface area contributed by atoms with Crippen molar-refractivity contribution in [1.29, 1.82) is 0 Å². The van der Waals surface area contributed by atoms with Crippen molar-refractivity contribution in [3.05, 3.63) is 35.9 Å². The first-order valence-electron chi connectivity index (χ1n) is 19.9. The number of rotatable bonds is 26. The lowest BCUT2D eigenvalue weighted by molar-refractivity contribution is -0.145. The van der Waals surface area contributed by atoms with Crippen molar-refractivity contribution >= 4 is 41.4 Å². The van der Waals surface area contributed by atoms with Gasteiger partial charge in [0.1, 0.15) is 30.2 Å². The number of aliphatic hydroxyl groups is 1. The molecule has 20 heteroatoms. The average Bonchev–Trinajstić information content (AvgIpc) is 3.15. The van der Waals surface area contributed by atoms with Gasteiger partial charge >= 0.3 is 5.97 Å². The lowest BCUT2D eigenvalue weighted by Crippen LogP contribution is -2.61. The fourth-order valence-electron chi connectivity index (χ4n) is 5.71. The van der Waals surface area contributed by atoms with E-state index in [-0.39, 0.29) is 64.7 Å². The Balaban J connectivity index is 3.54. The molecular weight excluding hydrogens is 766 g/mol. The van der Waals surface area contributed by atoms with Crippen LogP contribution in [0.15, 0.2) is 30.3 Å². The van der Waals surface area contributed by atoms with Gasteiger partial charge in [0, 0.05) is 6.42 Å². The molecular formula is C39H69N11O9. The standard InChI is InChI=1S/C39H69N11O9/c1-22(51)30(37(58)59)50-34(55)27(15-19-43)46-32(53)26(14-18-42)47-36(57)29(21-39(5,6)38(2,3)4)49-35(56)28(20-23-10-8-7-9-11-23)48-33(54)25(13-17-41)45-31(52)24(44)12-16-40/h7-11,22,24-30,51H,12-21,40-44H2,1-6H3,(H,45,52)(H,46,53)(H,47,57)(H,48,54)(H,49,56)(H,50,55)(H,58,59)/t22-,24+,25+,26+,27+,28-,29+,30+/m1/s1. The number of carboxylic acid groups (broad SMARTS) is 1. The third kappa shape index (κ3) is 17.6. The maximum Gasteiger partial charge on any atom is 0.328 e. The molecule has 18 N–H and O–H groups in total. The maximum atomic E-state index is 14.3. The van der Waals surface area contributed by atoms with Gasteiger partial charge in [-0.05, 0) is 81.6 Å². The largest absolute Gasteiger partial charge is 0.480 e. The Labute approximate surface area is 346 Å². The van der Waals surface area contributed by atoms with E-state index in [4.69, 9.17) is 28.7 Å². The molecule has 20 nitrogen and oxygen atoms in total. The molecule has 0 bridgehead atoms. The van der Waals surface area contributed by atoms with Crippen LogP contribution in [0.25, 0.3) is 0 Å². The number of nitrogens with one attached hydrogen (secondary N) is 6. The van der Waals surface area contributed by atoms with E-state index >= 15 is 0 Å². The van der Waals surface area contributed by atoms with Crippen molar-refractivity contribution in [3.8, 4) is 0 Å². The molecule has 0 aromatic heterocycles. The second-order valence-corrected chi connectivity index (χ2v) is 16.3. The molecule has 0 spiro atoms. The van der Waals surface area contributed by atoms with E-state index in [9.17, 15) is 43.8 Å². The summed E-state index contributed by atoms with van der Waals surface area (Å²) in [6.45, 7) is 10.9. The summed E-state index contributed by atoms with van der Waals surface area (Å²) in [5.41, 5.74) is 28.4. The minimum absolute atomic E-state index is 0.00795. The predicted octanol–water partition coefficient (Wildman–Crippen LogP) is -3.21. The molecule has 1 rings (SSSR count). The number of nitrogens with two attached hydrogens (primary N) is 5. The molecule has 59 heavy (non-hydrogen) atoms. The van der Waals surface area contributed by atoms with Gasteiger partial charge in [-0.2, -0.15) is 0 Å². The summed E-state index contributed by atoms with van der Waals surface area (Å²) in [6, 6.07) is -0.196. The van der Waals surface area contributed by atoms with E-state index in [1.54, 1.807) is 30.3 Å². The van der Waals surface area contributed by atoms with Crippen LogP contribution in [0.3, 0.4) is 0 Å². The number of carbonyl (C=O) groups excluding carboxylic acids is 6. The highest BCUT2D eigenvalue weighted by Crippen LogP contribution is 2.41. The molecule has 1 aromatic rings. The van der Waals surface area contributed by atoms with E-state index in [0.717, 1.165) is 0 Å². The summed E-state index contributed by atoms with van der Waals surface area (Å²) in [5.74, 6) is -6.10. The molecule has 334 valence electrons. The summed E-state index contributed by atoms with van der Waals surface area (Å²) < 4.78 is 0. The molecule has 0 aliphatic carbocycles. The Morgan fingerprint density at radius 1 is 0.576 bits per heavy atom. The van der Waals surface area contributed by atoms with Gasteiger partial charge in [-0.3, -0.25) is 28.8 Å². The van der Waals surface area contributed by atoms with E-state index in [1.165, 1.54) is 6.92 Å². The van der Waals surface area contributed by atoms with Gasteiger partial charge in [0.15, 0.2) is 6.04 Å². The van der Waals surface area contributed by atoms with Crippen LogP contribution in [0.1, 0.15) is 79.2 Å². The van der Waals surface area contributed by atoms with E-state index in [0.29, 0.717) is 5.56 Å². The predicted molar refractivity (Wildman–Crippen MR) is 222 cm³/mol. The van der Waals surface area contributed by atoms with E-state index in [1.807, 2.05) is 34.6 Å². The van der Waals surface area contributed by atoms with Gasteiger partial charge in [-0.25, -0.2) is 4.79 Å². The van der Waals surface area contributed by atoms with Gasteiger partial charge in [0.25, 0.3) is 0 Å². The molecule has 0 radical (unpaired) electrons. The van der Waals surface area contributed by atoms with Crippen LogP contribution >= 0.6 is 0 Å². The van der Waals surface area contributed by atoms with Crippen LogP contribution in [0.5, 0.6) is 0 Å². The Bertz CT molecular complexity index is 1540. The Morgan fingerprint density at radius 3 is 1.36 bits per heavy atom. The maximum absolute atomic E-state index is 14.3. The molecule has 1 aromatic carbocycles. The van der Waals surface area contributed by atoms with Gasteiger partial charge in [-0.1, -0.05) is 65.0 Å². The fraction of sp³-hybridized carbons (Fsp3) is 0.667. The van der Waals surface area contributed by atoms with Crippen LogP contribution in [0, 0.1) is 10.8 Å². The minimum atomic E-state index is -1.67. The van der Waals surface area contributed by atoms with Crippen molar-refractivity contribution in [3.63, 3.8) is 0 Å². The van der Waals surface area contributed by atoms with Crippen molar-refractivity contribution in [1.82, 2.24) is 31.9 Å². The van der Waals surface area contributed by atoms with Crippen LogP contribution in [-0.4, -0.2) is 126 Å². The number of carbonyl (C=O) groups is 7. The zero-order chi connectivity index (χ0) is 45.1. The zero-order valence-corrected chi connectivity index (χ0v) is 35.2. The SMILES string of the molecule is C[C@@H](O)[C@H](NC(=O)[C@H](CCN)NC(=O)[C@H](CCN)NC(=O)[C@H](CC(C)(C)C(C)(C)C)NC(=O)[C@@H](Cc1ccccc1)NC(=O)[C@H](CCN)NC(=O)[C@@H](N)CCN)C(=O)O. The highest BCUT2D eigenvalue weighted by molar-refractivity contribution is 5.97. The summed E-state index contributed by atoms with van der Waals surface area (Å²) >= 11 is 0. The highest BCUT2D eigenvalue weighted by atomic mass is 16.4. The van der Waals surface area contributed by atoms with Crippen LogP contribution in [-0.2, 0) is 40.0 Å². The van der Waals surface area contributed by atoms with Crippen molar-refractivity contribution < 1.29 is 43.8 Å². The average molecular weight is 836 g/mol. The number of amides is 6. The molecule has 6 amide bonds. The van der Waals surface area contributed by atoms with Gasteiger partial charge in [-0.15, -0.1) is 0 Å². The second-order valence-electron chi connectivity index (χ2n) is 16.3. The van der Waals surface area contributed by atoms with Crippen molar-refractivity contribution in [2.24, 2.45) is 39.5 Å². The van der Waals surface area contributed by atoms with Crippen LogP contribution in [0.2, 0.25) is 0 Å². The summed E-state index contributed by atoms with van der Waals surface area (Å²) in [4.78, 5) is 93.2. The third-order valence-corrected chi connectivity index (χ3v) is 10.4. The van der Waals surface area contributed by atoms with Gasteiger partial charge in [0.05, 0.1) is 12.1 Å². The summed E-state index contributed by atoms with van der Waals surface area (Å²) in [6.07, 6.45) is -1.42. The molecule has 0 saturated carbocycles. The van der Waals surface area contributed by atoms with E-state index < -0.39 is 101 Å². The van der Waals surface area contributed by atoms with E-state index in [2.05, 4.69) is 31.9 Å². The highest BCUT2D eigenvalue weighted by Gasteiger charge is 2.40. The molecule has 0 heterocycles. The number of carboxylic acids is 1. The zero-order valence-electron chi connectivity index (χ0n) is 35.2. The lowest BCUT2D eigenvalue weighted by atomic mass is 9.66. The quantitative estimate of drug-likeness (QED) is 0.0437. The molecule has 0 aliphatic heterocycles. The summed E-state index contributed by atoms with van der Waals surface area (Å²) in [5, 5.41) is 34.7. The summed E-state index contributed by atoms with van der Waals surface area (Å²) in [7, 11) is 0. The number of benzene rings is 1. The van der Waals surface area contributed by atoms with Crippen LogP contribution < -0.4 is 60.6 Å². The minimum Gasteiger partial charge on any atom is -0.480 e. The molecule has 0 saturated heterocycles. The van der Waals surface area contributed by atoms with Gasteiger partial charge in [0.2, 0.25) is 35.4 Å². The smallest absolute Gasteiger partial charge is 0.328 e. The number of aliphatic hydroxyl groups excluding tert-OH is 1. The topological polar surface area (TPSA) is 362 Å².